The van der Waals surface area contributed by atoms with E-state index in [9.17, 15) is 14.4 Å². The molecule has 0 aliphatic carbocycles. The van der Waals surface area contributed by atoms with Gasteiger partial charge >= 0.3 is 17.9 Å². The number of hydrogen-bond donors (Lipinski definition) is 0. The van der Waals surface area contributed by atoms with Crippen molar-refractivity contribution in [1.82, 2.24) is 0 Å². The predicted molar refractivity (Wildman–Crippen MR) is 94.6 cm³/mol. The lowest BCUT2D eigenvalue weighted by Crippen LogP contribution is -2.54. The van der Waals surface area contributed by atoms with Gasteiger partial charge in [0, 0.05) is 20.8 Å². The minimum atomic E-state index is -0.934. The van der Waals surface area contributed by atoms with Gasteiger partial charge in [-0.2, -0.15) is 0 Å². The maximum absolute atomic E-state index is 11.5. The van der Waals surface area contributed by atoms with Crippen molar-refractivity contribution in [3.05, 3.63) is 24.3 Å². The number of hydrogen-bond acceptors (Lipinski definition) is 9. The molecule has 0 N–H and O–H groups in total. The number of carbonyl (C=O) groups is 3. The Morgan fingerprint density at radius 1 is 1.00 bits per heavy atom. The molecule has 9 heteroatoms. The van der Waals surface area contributed by atoms with Crippen LogP contribution in [0.4, 0.5) is 0 Å². The standard InChI is InChI=1S/C19H24O9/c1-11(20)24-10-17-19(26-13(3)22)16(25-12(2)21)9-18(28-17)27-15-7-5-14(23-4)6-8-15/h5-8,16-19H,9-10H2,1-4H3/t16-,17-,18+,19+/m1/s1/i4+2. The zero-order valence-electron chi connectivity index (χ0n) is 16.2. The summed E-state index contributed by atoms with van der Waals surface area (Å²) in [7, 11) is 1.55. The third kappa shape index (κ3) is 6.41. The van der Waals surface area contributed by atoms with Crippen molar-refractivity contribution in [2.45, 2.75) is 51.8 Å². The fourth-order valence-corrected chi connectivity index (χ4v) is 2.78. The van der Waals surface area contributed by atoms with Crippen molar-refractivity contribution in [2.24, 2.45) is 0 Å². The number of carbonyl (C=O) groups excluding carboxylic acids is 3. The molecule has 1 heterocycles. The topological polar surface area (TPSA) is 107 Å². The van der Waals surface area contributed by atoms with Crippen LogP contribution >= 0.6 is 0 Å². The van der Waals surface area contributed by atoms with E-state index in [-0.39, 0.29) is 13.0 Å². The lowest BCUT2D eigenvalue weighted by molar-refractivity contribution is -0.245. The van der Waals surface area contributed by atoms with Crippen LogP contribution in [0.2, 0.25) is 0 Å². The normalized spacial score (nSPS) is 24.0. The summed E-state index contributed by atoms with van der Waals surface area (Å²) >= 11 is 0. The highest BCUT2D eigenvalue weighted by Gasteiger charge is 2.44. The minimum absolute atomic E-state index is 0.125. The lowest BCUT2D eigenvalue weighted by Gasteiger charge is -2.39. The van der Waals surface area contributed by atoms with Crippen molar-refractivity contribution in [1.29, 1.82) is 0 Å². The molecule has 1 aliphatic heterocycles. The molecule has 0 amide bonds. The van der Waals surface area contributed by atoms with Crippen LogP contribution in [0, 0.1) is 0 Å². The first-order valence-electron chi connectivity index (χ1n) is 8.72. The van der Waals surface area contributed by atoms with E-state index in [1.165, 1.54) is 20.8 Å². The molecule has 1 aromatic rings. The summed E-state index contributed by atoms with van der Waals surface area (Å²) in [5.74, 6) is -0.471. The molecule has 9 nitrogen and oxygen atoms in total. The van der Waals surface area contributed by atoms with Crippen molar-refractivity contribution in [3.8, 4) is 11.5 Å². The van der Waals surface area contributed by atoms with E-state index in [1.807, 2.05) is 0 Å². The van der Waals surface area contributed by atoms with Crippen molar-refractivity contribution >= 4 is 17.9 Å². The molecule has 154 valence electrons. The molecule has 0 unspecified atom stereocenters. The monoisotopic (exact) mass is 398 g/mol. The van der Waals surface area contributed by atoms with Gasteiger partial charge in [-0.15, -0.1) is 0 Å². The maximum Gasteiger partial charge on any atom is 0.303 e. The first kappa shape index (κ1) is 21.5. The average molecular weight is 398 g/mol. The Hall–Kier alpha value is -2.81. The van der Waals surface area contributed by atoms with Gasteiger partial charge in [0.15, 0.2) is 6.10 Å². The summed E-state index contributed by atoms with van der Waals surface area (Å²) in [6.45, 7) is 3.54. The largest absolute Gasteiger partial charge is 0.497 e. The molecule has 4 atom stereocenters. The van der Waals surface area contributed by atoms with Gasteiger partial charge in [-0.05, 0) is 24.3 Å². The van der Waals surface area contributed by atoms with E-state index in [4.69, 9.17) is 28.4 Å². The molecular formula is C19H24O9. The number of esters is 3. The highest BCUT2D eigenvalue weighted by atomic mass is 16.7. The molecular weight excluding hydrogens is 374 g/mol. The summed E-state index contributed by atoms with van der Waals surface area (Å²) in [4.78, 5) is 34.2. The van der Waals surface area contributed by atoms with Crippen molar-refractivity contribution < 1.29 is 42.8 Å². The quantitative estimate of drug-likeness (QED) is 0.500. The van der Waals surface area contributed by atoms with E-state index in [0.717, 1.165) is 0 Å². The first-order valence-corrected chi connectivity index (χ1v) is 8.72. The fraction of sp³-hybridized carbons (Fsp3) is 0.526. The van der Waals surface area contributed by atoms with E-state index >= 15 is 0 Å². The molecule has 0 saturated carbocycles. The van der Waals surface area contributed by atoms with Gasteiger partial charge in [0.25, 0.3) is 0 Å². The van der Waals surface area contributed by atoms with E-state index in [2.05, 4.69) is 0 Å². The predicted octanol–water partition coefficient (Wildman–Crippen LogP) is 1.62. The van der Waals surface area contributed by atoms with E-state index in [0.29, 0.717) is 11.5 Å². The van der Waals surface area contributed by atoms with Crippen molar-refractivity contribution in [2.75, 3.05) is 13.7 Å². The molecule has 1 aliphatic rings. The number of methoxy groups -OCH3 is 1. The van der Waals surface area contributed by atoms with Gasteiger partial charge < -0.3 is 28.4 Å². The zero-order chi connectivity index (χ0) is 20.7. The zero-order valence-corrected chi connectivity index (χ0v) is 16.2. The smallest absolute Gasteiger partial charge is 0.303 e. The van der Waals surface area contributed by atoms with Crippen LogP contribution in [0.5, 0.6) is 11.5 Å². The summed E-state index contributed by atoms with van der Waals surface area (Å²) in [6, 6.07) is 6.84. The summed E-state index contributed by atoms with van der Waals surface area (Å²) in [5, 5.41) is 0. The van der Waals surface area contributed by atoms with Crippen LogP contribution in [0.1, 0.15) is 27.2 Å². The van der Waals surface area contributed by atoms with Crippen LogP contribution in [-0.2, 0) is 33.3 Å². The second kappa shape index (κ2) is 9.93. The molecule has 28 heavy (non-hydrogen) atoms. The SMILES string of the molecule is CC(=O)OC[C@H]1O[C@H](Oc2ccc(O[14CH3])cc2)C[C@@H](OC(C)=O)[C@@H]1OC(C)=O. The molecule has 1 fully saturated rings. The first-order chi connectivity index (χ1) is 13.3. The molecule has 0 radical (unpaired) electrons. The Balaban J connectivity index is 2.18. The number of rotatable bonds is 7. The van der Waals surface area contributed by atoms with Gasteiger partial charge in [-0.25, -0.2) is 0 Å². The van der Waals surface area contributed by atoms with Crippen LogP contribution in [0.25, 0.3) is 0 Å². The van der Waals surface area contributed by atoms with Crippen molar-refractivity contribution in [3.63, 3.8) is 0 Å². The average Bonchev–Trinajstić information content (AvgIpc) is 2.62. The Morgan fingerprint density at radius 3 is 2.14 bits per heavy atom. The van der Waals surface area contributed by atoms with E-state index < -0.39 is 42.5 Å². The van der Waals surface area contributed by atoms with Gasteiger partial charge in [0.2, 0.25) is 6.29 Å². The van der Waals surface area contributed by atoms with Crippen LogP contribution < -0.4 is 9.47 Å². The van der Waals surface area contributed by atoms with Gasteiger partial charge in [0.05, 0.1) is 13.5 Å². The van der Waals surface area contributed by atoms with Crippen LogP contribution in [0.15, 0.2) is 24.3 Å². The summed E-state index contributed by atoms with van der Waals surface area (Å²) < 4.78 is 32.3. The van der Waals surface area contributed by atoms with Gasteiger partial charge in [-0.1, -0.05) is 0 Å². The number of benzene rings is 1. The van der Waals surface area contributed by atoms with Crippen LogP contribution in [0.3, 0.4) is 0 Å². The summed E-state index contributed by atoms with van der Waals surface area (Å²) in [6.07, 6.45) is -3.31. The molecule has 1 saturated heterocycles. The third-order valence-corrected chi connectivity index (χ3v) is 3.88. The van der Waals surface area contributed by atoms with E-state index in [1.54, 1.807) is 31.4 Å². The lowest BCUT2D eigenvalue weighted by atomic mass is 10.0. The highest BCUT2D eigenvalue weighted by molar-refractivity contribution is 5.67. The highest BCUT2D eigenvalue weighted by Crippen LogP contribution is 2.29. The second-order valence-electron chi connectivity index (χ2n) is 6.16. The third-order valence-electron chi connectivity index (χ3n) is 3.88. The number of ether oxygens (including phenoxy) is 6. The maximum atomic E-state index is 11.5. The van der Waals surface area contributed by atoms with Crippen LogP contribution in [-0.4, -0.2) is 56.2 Å². The summed E-state index contributed by atoms with van der Waals surface area (Å²) in [5.41, 5.74) is 0. The fourth-order valence-electron chi connectivity index (χ4n) is 2.78. The molecule has 1 aromatic carbocycles. The van der Waals surface area contributed by atoms with Gasteiger partial charge in [-0.3, -0.25) is 14.4 Å². The molecule has 0 spiro atoms. The molecule has 0 aromatic heterocycles. The second-order valence-corrected chi connectivity index (χ2v) is 6.16. The minimum Gasteiger partial charge on any atom is -0.497 e. The Labute approximate surface area is 162 Å². The Morgan fingerprint density at radius 2 is 1.61 bits per heavy atom. The molecule has 2 rings (SSSR count). The Kier molecular flexibility index (Phi) is 7.62. The van der Waals surface area contributed by atoms with Gasteiger partial charge in [0.1, 0.15) is 30.3 Å². The molecule has 0 bridgehead atoms. The Bertz CT molecular complexity index is 685.